The maximum Gasteiger partial charge on any atom is 0.198 e. The van der Waals surface area contributed by atoms with Gasteiger partial charge < -0.3 is 15.1 Å². The van der Waals surface area contributed by atoms with Crippen LogP contribution in [-0.4, -0.2) is 50.1 Å². The molecule has 1 atom stereocenters. The lowest BCUT2D eigenvalue weighted by Crippen LogP contribution is -2.41. The van der Waals surface area contributed by atoms with Crippen molar-refractivity contribution in [3.63, 3.8) is 0 Å². The number of aliphatic imine (C=N–C) groups is 1. The van der Waals surface area contributed by atoms with E-state index in [1.54, 1.807) is 0 Å². The van der Waals surface area contributed by atoms with E-state index in [1.165, 1.54) is 37.3 Å². The number of hydrogen-bond donors (Lipinski definition) is 1. The molecule has 1 fully saturated rings. The number of benzene rings is 1. The molecule has 0 spiro atoms. The number of nitrogens with zero attached hydrogens (tertiary/aromatic N) is 3. The number of likely N-dealkylation sites (tertiary alicyclic amines) is 1. The first-order valence-electron chi connectivity index (χ1n) is 8.68. The highest BCUT2D eigenvalue weighted by atomic mass is 15.3. The SMILES string of the molecule is CCNC(=NCC1CCN(CC)C1)N1CCc2ccccc21. The van der Waals surface area contributed by atoms with Gasteiger partial charge in [-0.05, 0) is 50.4 Å². The average Bonchev–Trinajstić information content (AvgIpc) is 3.18. The highest BCUT2D eigenvalue weighted by molar-refractivity contribution is 5.97. The van der Waals surface area contributed by atoms with Crippen LogP contribution in [0.2, 0.25) is 0 Å². The Morgan fingerprint density at radius 2 is 2.14 bits per heavy atom. The Morgan fingerprint density at radius 1 is 1.27 bits per heavy atom. The van der Waals surface area contributed by atoms with Crippen LogP contribution in [0.4, 0.5) is 5.69 Å². The molecule has 3 rings (SSSR count). The minimum absolute atomic E-state index is 0.714. The van der Waals surface area contributed by atoms with E-state index < -0.39 is 0 Å². The second-order valence-electron chi connectivity index (χ2n) is 6.27. The molecule has 1 saturated heterocycles. The molecule has 1 aromatic rings. The molecule has 0 bridgehead atoms. The summed E-state index contributed by atoms with van der Waals surface area (Å²) in [6.45, 7) is 10.9. The fourth-order valence-electron chi connectivity index (χ4n) is 3.52. The van der Waals surface area contributed by atoms with E-state index in [0.717, 1.165) is 32.0 Å². The summed E-state index contributed by atoms with van der Waals surface area (Å²) in [6, 6.07) is 8.69. The molecule has 2 heterocycles. The maximum atomic E-state index is 4.95. The third-order valence-electron chi connectivity index (χ3n) is 4.79. The summed E-state index contributed by atoms with van der Waals surface area (Å²) < 4.78 is 0. The molecular weight excluding hydrogens is 272 g/mol. The zero-order valence-corrected chi connectivity index (χ0v) is 13.9. The van der Waals surface area contributed by atoms with Crippen molar-refractivity contribution in [2.45, 2.75) is 26.7 Å². The predicted octanol–water partition coefficient (Wildman–Crippen LogP) is 2.36. The standard InChI is InChI=1S/C18H28N4/c1-3-19-18(20-13-15-9-11-21(4-2)14-15)22-12-10-16-7-5-6-8-17(16)22/h5-8,15H,3-4,9-14H2,1-2H3,(H,19,20). The predicted molar refractivity (Wildman–Crippen MR) is 93.7 cm³/mol. The number of para-hydroxylation sites is 1. The average molecular weight is 300 g/mol. The lowest BCUT2D eigenvalue weighted by molar-refractivity contribution is 0.343. The van der Waals surface area contributed by atoms with Gasteiger partial charge in [-0.2, -0.15) is 0 Å². The Kier molecular flexibility index (Phi) is 4.98. The zero-order chi connectivity index (χ0) is 15.4. The number of anilines is 1. The van der Waals surface area contributed by atoms with Gasteiger partial charge in [-0.1, -0.05) is 25.1 Å². The first kappa shape index (κ1) is 15.3. The van der Waals surface area contributed by atoms with Crippen molar-refractivity contribution in [1.29, 1.82) is 0 Å². The van der Waals surface area contributed by atoms with Gasteiger partial charge in [0.05, 0.1) is 0 Å². The highest BCUT2D eigenvalue weighted by Gasteiger charge is 2.24. The molecular formula is C18H28N4. The summed E-state index contributed by atoms with van der Waals surface area (Å²) in [6.07, 6.45) is 2.40. The molecule has 2 aliphatic rings. The molecule has 4 heteroatoms. The van der Waals surface area contributed by atoms with E-state index in [1.807, 2.05) is 0 Å². The second kappa shape index (κ2) is 7.14. The van der Waals surface area contributed by atoms with Gasteiger partial charge in [-0.3, -0.25) is 4.99 Å². The van der Waals surface area contributed by atoms with Crippen molar-refractivity contribution >= 4 is 11.6 Å². The molecule has 4 nitrogen and oxygen atoms in total. The summed E-state index contributed by atoms with van der Waals surface area (Å²) in [5.41, 5.74) is 2.76. The van der Waals surface area contributed by atoms with E-state index in [2.05, 4.69) is 53.2 Å². The van der Waals surface area contributed by atoms with Crippen molar-refractivity contribution in [3.8, 4) is 0 Å². The van der Waals surface area contributed by atoms with Gasteiger partial charge in [0.15, 0.2) is 5.96 Å². The first-order chi connectivity index (χ1) is 10.8. The molecule has 120 valence electrons. The molecule has 0 amide bonds. The van der Waals surface area contributed by atoms with Gasteiger partial charge in [0.1, 0.15) is 0 Å². The molecule has 22 heavy (non-hydrogen) atoms. The van der Waals surface area contributed by atoms with Crippen LogP contribution in [0.5, 0.6) is 0 Å². The van der Waals surface area contributed by atoms with Gasteiger partial charge in [0.25, 0.3) is 0 Å². The first-order valence-corrected chi connectivity index (χ1v) is 8.68. The van der Waals surface area contributed by atoms with Crippen molar-refractivity contribution in [3.05, 3.63) is 29.8 Å². The summed E-state index contributed by atoms with van der Waals surface area (Å²) in [5, 5.41) is 3.48. The topological polar surface area (TPSA) is 30.9 Å². The van der Waals surface area contributed by atoms with Crippen LogP contribution in [0, 0.1) is 5.92 Å². The fourth-order valence-corrected chi connectivity index (χ4v) is 3.52. The van der Waals surface area contributed by atoms with Crippen molar-refractivity contribution in [2.75, 3.05) is 44.2 Å². The minimum Gasteiger partial charge on any atom is -0.356 e. The van der Waals surface area contributed by atoms with Crippen molar-refractivity contribution in [2.24, 2.45) is 10.9 Å². The molecule has 0 saturated carbocycles. The lowest BCUT2D eigenvalue weighted by Gasteiger charge is -2.23. The lowest BCUT2D eigenvalue weighted by atomic mass is 10.1. The van der Waals surface area contributed by atoms with Gasteiger partial charge in [-0.15, -0.1) is 0 Å². The van der Waals surface area contributed by atoms with Crippen LogP contribution in [0.1, 0.15) is 25.8 Å². The second-order valence-corrected chi connectivity index (χ2v) is 6.27. The zero-order valence-electron chi connectivity index (χ0n) is 13.9. The molecule has 1 N–H and O–H groups in total. The van der Waals surface area contributed by atoms with Crippen LogP contribution >= 0.6 is 0 Å². The van der Waals surface area contributed by atoms with Crippen LogP contribution in [0.15, 0.2) is 29.3 Å². The summed E-state index contributed by atoms with van der Waals surface area (Å²) in [4.78, 5) is 9.83. The Bertz CT molecular complexity index is 526. The molecule has 1 unspecified atom stereocenters. The summed E-state index contributed by atoms with van der Waals surface area (Å²) in [5.74, 6) is 1.77. The van der Waals surface area contributed by atoms with Gasteiger partial charge in [0.2, 0.25) is 0 Å². The smallest absolute Gasteiger partial charge is 0.198 e. The van der Waals surface area contributed by atoms with Crippen LogP contribution in [-0.2, 0) is 6.42 Å². The summed E-state index contributed by atoms with van der Waals surface area (Å²) >= 11 is 0. The van der Waals surface area contributed by atoms with Crippen LogP contribution in [0.3, 0.4) is 0 Å². The number of guanidine groups is 1. The molecule has 0 aliphatic carbocycles. The quantitative estimate of drug-likeness (QED) is 0.684. The Labute approximate surface area is 134 Å². The maximum absolute atomic E-state index is 4.95. The molecule has 1 aromatic carbocycles. The van der Waals surface area contributed by atoms with Crippen molar-refractivity contribution in [1.82, 2.24) is 10.2 Å². The monoisotopic (exact) mass is 300 g/mol. The molecule has 2 aliphatic heterocycles. The summed E-state index contributed by atoms with van der Waals surface area (Å²) in [7, 11) is 0. The Hall–Kier alpha value is -1.55. The number of rotatable bonds is 4. The van der Waals surface area contributed by atoms with E-state index >= 15 is 0 Å². The molecule has 0 radical (unpaired) electrons. The normalized spacial score (nSPS) is 22.2. The van der Waals surface area contributed by atoms with Crippen molar-refractivity contribution < 1.29 is 0 Å². The third-order valence-corrected chi connectivity index (χ3v) is 4.79. The largest absolute Gasteiger partial charge is 0.356 e. The number of hydrogen-bond acceptors (Lipinski definition) is 2. The minimum atomic E-state index is 0.714. The van der Waals surface area contributed by atoms with E-state index in [9.17, 15) is 0 Å². The number of nitrogens with one attached hydrogen (secondary N) is 1. The van der Waals surface area contributed by atoms with E-state index in [4.69, 9.17) is 4.99 Å². The fraction of sp³-hybridized carbons (Fsp3) is 0.611. The Balaban J connectivity index is 1.69. The Morgan fingerprint density at radius 3 is 2.91 bits per heavy atom. The highest BCUT2D eigenvalue weighted by Crippen LogP contribution is 2.27. The van der Waals surface area contributed by atoms with E-state index in [0.29, 0.717) is 5.92 Å². The third kappa shape index (κ3) is 3.27. The van der Waals surface area contributed by atoms with Crippen LogP contribution < -0.4 is 10.2 Å². The van der Waals surface area contributed by atoms with E-state index in [-0.39, 0.29) is 0 Å². The molecule has 0 aromatic heterocycles. The van der Waals surface area contributed by atoms with Gasteiger partial charge >= 0.3 is 0 Å². The number of fused-ring (bicyclic) bond motifs is 1. The van der Waals surface area contributed by atoms with Gasteiger partial charge in [-0.25, -0.2) is 0 Å². The van der Waals surface area contributed by atoms with Gasteiger partial charge in [0, 0.05) is 31.9 Å². The van der Waals surface area contributed by atoms with Crippen LogP contribution in [0.25, 0.3) is 0 Å².